The third kappa shape index (κ3) is 3.40. The van der Waals surface area contributed by atoms with Crippen molar-refractivity contribution in [2.75, 3.05) is 13.1 Å². The van der Waals surface area contributed by atoms with Crippen LogP contribution in [0.15, 0.2) is 18.2 Å². The van der Waals surface area contributed by atoms with E-state index in [1.165, 1.54) is 12.1 Å². The van der Waals surface area contributed by atoms with Gasteiger partial charge in [-0.05, 0) is 43.9 Å². The van der Waals surface area contributed by atoms with E-state index in [1.807, 2.05) is 0 Å². The van der Waals surface area contributed by atoms with Crippen molar-refractivity contribution in [2.24, 2.45) is 5.92 Å². The van der Waals surface area contributed by atoms with Crippen LogP contribution in [0.2, 0.25) is 5.02 Å². The second-order valence-corrected chi connectivity index (χ2v) is 6.41. The quantitative estimate of drug-likeness (QED) is 0.929. The Morgan fingerprint density at radius 1 is 1.18 bits per heavy atom. The van der Waals surface area contributed by atoms with Crippen LogP contribution >= 0.6 is 11.6 Å². The molecule has 1 saturated heterocycles. The summed E-state index contributed by atoms with van der Waals surface area (Å²) in [6.07, 6.45) is 3.39. The summed E-state index contributed by atoms with van der Waals surface area (Å²) in [5.74, 6) is -0.584. The Hall–Kier alpha value is -1.62. The minimum Gasteiger partial charge on any atom is -0.353 e. The Morgan fingerprint density at radius 2 is 1.86 bits per heavy atom. The lowest BCUT2D eigenvalue weighted by molar-refractivity contribution is -0.123. The molecule has 0 aromatic heterocycles. The third-order valence-corrected chi connectivity index (χ3v) is 4.47. The molecule has 1 aliphatic carbocycles. The average Bonchev–Trinajstić information content (AvgIpc) is 3.32. The predicted octanol–water partition coefficient (Wildman–Crippen LogP) is 2.61. The van der Waals surface area contributed by atoms with Crippen molar-refractivity contribution in [1.29, 1.82) is 0 Å². The molecule has 1 aromatic rings. The highest BCUT2D eigenvalue weighted by molar-refractivity contribution is 6.30. The Labute approximate surface area is 133 Å². The molecule has 3 rings (SSSR count). The molecular weight excluding hydrogens is 307 g/mol. The highest BCUT2D eigenvalue weighted by atomic mass is 35.5. The van der Waals surface area contributed by atoms with Crippen LogP contribution in [0, 0.1) is 11.7 Å². The molecule has 118 valence electrons. The largest absolute Gasteiger partial charge is 0.353 e. The summed E-state index contributed by atoms with van der Waals surface area (Å²) in [5, 5.41) is 3.30. The molecular formula is C16H18ClFN2O2. The summed E-state index contributed by atoms with van der Waals surface area (Å²) in [5.41, 5.74) is 0.0462. The van der Waals surface area contributed by atoms with Gasteiger partial charge < -0.3 is 10.2 Å². The second-order valence-electron chi connectivity index (χ2n) is 5.97. The van der Waals surface area contributed by atoms with Gasteiger partial charge in [0.25, 0.3) is 5.91 Å². The third-order valence-electron chi connectivity index (χ3n) is 4.24. The number of piperidine rings is 1. The highest BCUT2D eigenvalue weighted by Crippen LogP contribution is 2.29. The van der Waals surface area contributed by atoms with Crippen molar-refractivity contribution in [2.45, 2.75) is 31.7 Å². The predicted molar refractivity (Wildman–Crippen MR) is 81.2 cm³/mol. The summed E-state index contributed by atoms with van der Waals surface area (Å²) in [6, 6.07) is 4.20. The summed E-state index contributed by atoms with van der Waals surface area (Å²) >= 11 is 5.70. The number of amides is 2. The molecule has 22 heavy (non-hydrogen) atoms. The molecule has 1 heterocycles. The molecule has 0 spiro atoms. The van der Waals surface area contributed by atoms with Crippen LogP contribution in [-0.2, 0) is 4.79 Å². The topological polar surface area (TPSA) is 49.4 Å². The van der Waals surface area contributed by atoms with Gasteiger partial charge in [-0.1, -0.05) is 11.6 Å². The van der Waals surface area contributed by atoms with Gasteiger partial charge in [0.15, 0.2) is 0 Å². The maximum Gasteiger partial charge on any atom is 0.256 e. The Balaban J connectivity index is 1.56. The van der Waals surface area contributed by atoms with Crippen molar-refractivity contribution in [1.82, 2.24) is 10.2 Å². The van der Waals surface area contributed by atoms with E-state index in [-0.39, 0.29) is 34.4 Å². The fraction of sp³-hybridized carbons (Fsp3) is 0.500. The number of rotatable bonds is 3. The number of likely N-dealkylation sites (tertiary alicyclic amines) is 1. The van der Waals surface area contributed by atoms with Gasteiger partial charge in [0.2, 0.25) is 5.91 Å². The minimum absolute atomic E-state index is 0.0462. The van der Waals surface area contributed by atoms with E-state index in [0.717, 1.165) is 18.9 Å². The molecule has 4 nitrogen and oxygen atoms in total. The molecule has 2 aliphatic rings. The normalized spacial score (nSPS) is 19.1. The van der Waals surface area contributed by atoms with Crippen molar-refractivity contribution in [3.8, 4) is 0 Å². The number of nitrogens with one attached hydrogen (secondary N) is 1. The molecule has 1 N–H and O–H groups in total. The minimum atomic E-state index is -0.596. The molecule has 2 amide bonds. The van der Waals surface area contributed by atoms with E-state index in [0.29, 0.717) is 25.9 Å². The van der Waals surface area contributed by atoms with Gasteiger partial charge in [0, 0.05) is 30.1 Å². The number of carbonyl (C=O) groups excluding carboxylic acids is 2. The lowest BCUT2D eigenvalue weighted by atomic mass is 10.0. The van der Waals surface area contributed by atoms with Gasteiger partial charge in [-0.25, -0.2) is 4.39 Å². The molecule has 2 fully saturated rings. The molecule has 6 heteroatoms. The number of carbonyl (C=O) groups is 2. The van der Waals surface area contributed by atoms with Gasteiger partial charge in [-0.15, -0.1) is 0 Å². The van der Waals surface area contributed by atoms with Crippen molar-refractivity contribution >= 4 is 23.4 Å². The van der Waals surface area contributed by atoms with Crippen molar-refractivity contribution < 1.29 is 14.0 Å². The monoisotopic (exact) mass is 324 g/mol. The zero-order chi connectivity index (χ0) is 15.7. The molecule has 1 saturated carbocycles. The molecule has 0 bridgehead atoms. The smallest absolute Gasteiger partial charge is 0.256 e. The summed E-state index contributed by atoms with van der Waals surface area (Å²) in [6.45, 7) is 1.05. The maximum absolute atomic E-state index is 13.8. The van der Waals surface area contributed by atoms with Gasteiger partial charge >= 0.3 is 0 Å². The van der Waals surface area contributed by atoms with Crippen LogP contribution in [-0.4, -0.2) is 35.8 Å². The van der Waals surface area contributed by atoms with Crippen LogP contribution < -0.4 is 5.32 Å². The fourth-order valence-corrected chi connectivity index (χ4v) is 2.88. The SMILES string of the molecule is O=C(NC1CCN(C(=O)c2ccc(Cl)cc2F)CC1)C1CC1. The van der Waals surface area contributed by atoms with Crippen molar-refractivity contribution in [3.63, 3.8) is 0 Å². The molecule has 0 radical (unpaired) electrons. The number of benzene rings is 1. The Bertz CT molecular complexity index is 596. The summed E-state index contributed by atoms with van der Waals surface area (Å²) < 4.78 is 13.8. The van der Waals surface area contributed by atoms with E-state index < -0.39 is 5.82 Å². The molecule has 0 atom stereocenters. The molecule has 1 aromatic carbocycles. The zero-order valence-corrected chi connectivity index (χ0v) is 12.9. The Kier molecular flexibility index (Phi) is 4.34. The van der Waals surface area contributed by atoms with Crippen LogP contribution in [0.25, 0.3) is 0 Å². The number of nitrogens with zero attached hydrogens (tertiary/aromatic N) is 1. The van der Waals surface area contributed by atoms with E-state index in [9.17, 15) is 14.0 Å². The molecule has 0 unspecified atom stereocenters. The number of hydrogen-bond donors (Lipinski definition) is 1. The summed E-state index contributed by atoms with van der Waals surface area (Å²) in [4.78, 5) is 25.7. The number of halogens is 2. The standard InChI is InChI=1S/C16H18ClFN2O2/c17-11-3-4-13(14(18)9-11)16(22)20-7-5-12(6-8-20)19-15(21)10-1-2-10/h3-4,9-10,12H,1-2,5-8H2,(H,19,21). The van der Waals surface area contributed by atoms with Gasteiger partial charge in [-0.2, -0.15) is 0 Å². The van der Waals surface area contributed by atoms with Crippen LogP contribution in [0.1, 0.15) is 36.0 Å². The second kappa shape index (κ2) is 6.24. The van der Waals surface area contributed by atoms with E-state index in [4.69, 9.17) is 11.6 Å². The number of hydrogen-bond acceptors (Lipinski definition) is 2. The van der Waals surface area contributed by atoms with E-state index in [2.05, 4.69) is 5.32 Å². The van der Waals surface area contributed by atoms with Crippen molar-refractivity contribution in [3.05, 3.63) is 34.6 Å². The Morgan fingerprint density at radius 3 is 2.45 bits per heavy atom. The average molecular weight is 325 g/mol. The first kappa shape index (κ1) is 15.3. The van der Waals surface area contributed by atoms with Crippen LogP contribution in [0.3, 0.4) is 0 Å². The molecule has 1 aliphatic heterocycles. The maximum atomic E-state index is 13.8. The fourth-order valence-electron chi connectivity index (χ4n) is 2.72. The lowest BCUT2D eigenvalue weighted by Gasteiger charge is -2.32. The first-order valence-corrected chi connectivity index (χ1v) is 7.97. The first-order valence-electron chi connectivity index (χ1n) is 7.59. The van der Waals surface area contributed by atoms with Crippen LogP contribution in [0.5, 0.6) is 0 Å². The zero-order valence-electron chi connectivity index (χ0n) is 12.1. The van der Waals surface area contributed by atoms with Gasteiger partial charge in [-0.3, -0.25) is 9.59 Å². The van der Waals surface area contributed by atoms with E-state index >= 15 is 0 Å². The van der Waals surface area contributed by atoms with Crippen LogP contribution in [0.4, 0.5) is 4.39 Å². The summed E-state index contributed by atoms with van der Waals surface area (Å²) in [7, 11) is 0. The van der Waals surface area contributed by atoms with E-state index in [1.54, 1.807) is 4.90 Å². The first-order chi connectivity index (χ1) is 10.5. The highest BCUT2D eigenvalue weighted by Gasteiger charge is 2.32. The van der Waals surface area contributed by atoms with Gasteiger partial charge in [0.1, 0.15) is 5.82 Å². The van der Waals surface area contributed by atoms with Gasteiger partial charge in [0.05, 0.1) is 5.56 Å². The lowest BCUT2D eigenvalue weighted by Crippen LogP contribution is -2.47.